The maximum absolute atomic E-state index is 4.68. The lowest BCUT2D eigenvalue weighted by atomic mass is 9.99. The minimum Gasteiger partial charge on any atom is -0.258 e. The van der Waals surface area contributed by atoms with Crippen LogP contribution in [-0.4, -0.2) is 10.3 Å². The van der Waals surface area contributed by atoms with Crippen LogP contribution in [0.2, 0.25) is 0 Å². The molecule has 0 saturated carbocycles. The molecule has 0 atom stereocenters. The highest BCUT2D eigenvalue weighted by Gasteiger charge is 2.08. The summed E-state index contributed by atoms with van der Waals surface area (Å²) < 4.78 is 0. The summed E-state index contributed by atoms with van der Waals surface area (Å²) in [6.45, 7) is 8.86. The van der Waals surface area contributed by atoms with E-state index in [2.05, 4.69) is 60.7 Å². The first kappa shape index (κ1) is 12.7. The summed E-state index contributed by atoms with van der Waals surface area (Å²) in [4.78, 5) is 4.68. The normalized spacial score (nSPS) is 11.4. The largest absolute Gasteiger partial charge is 0.258 e. The quantitative estimate of drug-likeness (QED) is 0.745. The number of hydrogen-bond acceptors (Lipinski definition) is 1. The van der Waals surface area contributed by atoms with Gasteiger partial charge in [-0.2, -0.15) is 0 Å². The van der Waals surface area contributed by atoms with E-state index >= 15 is 0 Å². The summed E-state index contributed by atoms with van der Waals surface area (Å²) in [6, 6.07) is 4.48. The number of aromatic nitrogens is 1. The maximum Gasteiger partial charge on any atom is 0.0435 e. The third-order valence-corrected chi connectivity index (χ3v) is 2.93. The van der Waals surface area contributed by atoms with E-state index in [1.54, 1.807) is 0 Å². The van der Waals surface area contributed by atoms with Gasteiger partial charge in [-0.15, -0.1) is 0 Å². The van der Waals surface area contributed by atoms with Gasteiger partial charge in [0.1, 0.15) is 0 Å². The number of aryl methyl sites for hydroxylation is 1. The minimum atomic E-state index is 0.512. The molecule has 0 aliphatic carbocycles. The Morgan fingerprint density at radius 2 is 1.80 bits per heavy atom. The van der Waals surface area contributed by atoms with E-state index in [9.17, 15) is 0 Å². The van der Waals surface area contributed by atoms with Crippen molar-refractivity contribution in [2.24, 2.45) is 0 Å². The molecule has 0 aliphatic rings. The van der Waals surface area contributed by atoms with Crippen molar-refractivity contribution in [3.8, 4) is 0 Å². The van der Waals surface area contributed by atoms with Crippen molar-refractivity contribution in [1.82, 2.24) is 4.98 Å². The summed E-state index contributed by atoms with van der Waals surface area (Å²) in [7, 11) is 0. The Morgan fingerprint density at radius 1 is 1.13 bits per heavy atom. The molecule has 0 N–H and O–H groups in total. The number of nitrogens with zero attached hydrogens (tertiary/aromatic N) is 1. The van der Waals surface area contributed by atoms with Crippen molar-refractivity contribution < 1.29 is 0 Å². The van der Waals surface area contributed by atoms with Gasteiger partial charge in [-0.05, 0) is 36.0 Å². The zero-order valence-corrected chi connectivity index (χ0v) is 11.6. The Balaban J connectivity index is 3.08. The van der Waals surface area contributed by atoms with E-state index in [1.807, 2.05) is 0 Å². The van der Waals surface area contributed by atoms with Crippen LogP contribution in [0.1, 0.15) is 56.5 Å². The molecule has 2 heteroatoms. The molecule has 15 heavy (non-hydrogen) atoms. The highest BCUT2D eigenvalue weighted by Crippen LogP contribution is 2.21. The topological polar surface area (TPSA) is 12.9 Å². The fourth-order valence-electron chi connectivity index (χ4n) is 1.49. The van der Waals surface area contributed by atoms with Crippen LogP contribution in [0.3, 0.4) is 0 Å². The van der Waals surface area contributed by atoms with Crippen molar-refractivity contribution in [2.75, 3.05) is 5.33 Å². The smallest absolute Gasteiger partial charge is 0.0435 e. The van der Waals surface area contributed by atoms with E-state index in [-0.39, 0.29) is 0 Å². The Morgan fingerprint density at radius 3 is 2.27 bits per heavy atom. The predicted octanol–water partition coefficient (Wildman–Crippen LogP) is 4.27. The lowest BCUT2D eigenvalue weighted by Crippen LogP contribution is -2.02. The van der Waals surface area contributed by atoms with Gasteiger partial charge < -0.3 is 0 Å². The third-order valence-electron chi connectivity index (χ3n) is 2.53. The number of hydrogen-bond donors (Lipinski definition) is 0. The zero-order valence-electron chi connectivity index (χ0n) is 10.0. The number of pyridine rings is 1. The van der Waals surface area contributed by atoms with Gasteiger partial charge in [-0.3, -0.25) is 4.98 Å². The number of alkyl halides is 1. The van der Waals surface area contributed by atoms with Gasteiger partial charge in [-0.1, -0.05) is 43.6 Å². The fourth-order valence-corrected chi connectivity index (χ4v) is 1.90. The van der Waals surface area contributed by atoms with E-state index < -0.39 is 0 Å². The molecule has 84 valence electrons. The van der Waals surface area contributed by atoms with Crippen LogP contribution in [0.25, 0.3) is 0 Å². The SMILES string of the molecule is CC(C)c1cc(CCBr)nc(C(C)C)c1. The van der Waals surface area contributed by atoms with Crippen molar-refractivity contribution in [3.05, 3.63) is 29.1 Å². The number of rotatable bonds is 4. The van der Waals surface area contributed by atoms with E-state index in [4.69, 9.17) is 0 Å². The fraction of sp³-hybridized carbons (Fsp3) is 0.615. The molecule has 0 saturated heterocycles. The summed E-state index contributed by atoms with van der Waals surface area (Å²) in [5.74, 6) is 1.09. The third kappa shape index (κ3) is 3.60. The second-order valence-corrected chi connectivity index (χ2v) is 5.36. The first-order valence-electron chi connectivity index (χ1n) is 5.61. The Bertz CT molecular complexity index is 292. The molecule has 1 nitrogen and oxygen atoms in total. The lowest BCUT2D eigenvalue weighted by molar-refractivity contribution is 0.784. The summed E-state index contributed by atoms with van der Waals surface area (Å²) in [5.41, 5.74) is 3.84. The minimum absolute atomic E-state index is 0.512. The van der Waals surface area contributed by atoms with Crippen LogP contribution in [0, 0.1) is 0 Å². The first-order valence-corrected chi connectivity index (χ1v) is 6.73. The molecular weight excluding hydrogens is 250 g/mol. The lowest BCUT2D eigenvalue weighted by Gasteiger charge is -2.12. The van der Waals surface area contributed by atoms with E-state index in [0.717, 1.165) is 11.8 Å². The van der Waals surface area contributed by atoms with Crippen molar-refractivity contribution in [1.29, 1.82) is 0 Å². The van der Waals surface area contributed by atoms with Crippen LogP contribution < -0.4 is 0 Å². The van der Waals surface area contributed by atoms with Crippen LogP contribution in [0.4, 0.5) is 0 Å². The van der Waals surface area contributed by atoms with E-state index in [1.165, 1.54) is 17.0 Å². The van der Waals surface area contributed by atoms with Gasteiger partial charge >= 0.3 is 0 Å². The Hall–Kier alpha value is -0.370. The molecule has 1 aromatic heterocycles. The molecule has 0 spiro atoms. The van der Waals surface area contributed by atoms with Gasteiger partial charge in [0.25, 0.3) is 0 Å². The zero-order chi connectivity index (χ0) is 11.4. The van der Waals surface area contributed by atoms with Crippen molar-refractivity contribution in [3.63, 3.8) is 0 Å². The number of halogens is 1. The van der Waals surface area contributed by atoms with Gasteiger partial charge in [0.2, 0.25) is 0 Å². The van der Waals surface area contributed by atoms with Crippen LogP contribution in [0.15, 0.2) is 12.1 Å². The molecule has 1 aromatic rings. The Kier molecular flexibility index (Phi) is 4.78. The van der Waals surface area contributed by atoms with Crippen LogP contribution in [0.5, 0.6) is 0 Å². The van der Waals surface area contributed by atoms with Gasteiger partial charge in [0.15, 0.2) is 0 Å². The second kappa shape index (κ2) is 5.64. The highest BCUT2D eigenvalue weighted by atomic mass is 79.9. The predicted molar refractivity (Wildman–Crippen MR) is 69.9 cm³/mol. The molecular formula is C13H20BrN. The van der Waals surface area contributed by atoms with Gasteiger partial charge in [0.05, 0.1) is 0 Å². The molecule has 1 heterocycles. The van der Waals surface area contributed by atoms with Crippen molar-refractivity contribution >= 4 is 15.9 Å². The Labute approximate surface area is 101 Å². The molecule has 0 unspecified atom stereocenters. The van der Waals surface area contributed by atoms with Crippen LogP contribution >= 0.6 is 15.9 Å². The average molecular weight is 270 g/mol. The molecule has 0 bridgehead atoms. The molecule has 0 aliphatic heterocycles. The molecule has 0 amide bonds. The standard InChI is InChI=1S/C13H20BrN/c1-9(2)11-7-12(5-6-14)15-13(8-11)10(3)4/h7-10H,5-6H2,1-4H3. The maximum atomic E-state index is 4.68. The average Bonchev–Trinajstić information content (AvgIpc) is 2.17. The van der Waals surface area contributed by atoms with Crippen LogP contribution in [-0.2, 0) is 6.42 Å². The van der Waals surface area contributed by atoms with Gasteiger partial charge in [-0.25, -0.2) is 0 Å². The molecule has 0 fully saturated rings. The van der Waals surface area contributed by atoms with E-state index in [0.29, 0.717) is 11.8 Å². The summed E-state index contributed by atoms with van der Waals surface area (Å²) >= 11 is 3.47. The monoisotopic (exact) mass is 269 g/mol. The van der Waals surface area contributed by atoms with Gasteiger partial charge in [0, 0.05) is 16.7 Å². The molecule has 0 radical (unpaired) electrons. The summed E-state index contributed by atoms with van der Waals surface area (Å²) in [5, 5.41) is 0.985. The highest BCUT2D eigenvalue weighted by molar-refractivity contribution is 9.09. The molecule has 0 aromatic carbocycles. The molecule has 1 rings (SSSR count). The first-order chi connectivity index (χ1) is 7.04. The second-order valence-electron chi connectivity index (χ2n) is 4.57. The summed E-state index contributed by atoms with van der Waals surface area (Å²) in [6.07, 6.45) is 1.01. The van der Waals surface area contributed by atoms with Crippen molar-refractivity contribution in [2.45, 2.75) is 46.0 Å².